The van der Waals surface area contributed by atoms with Gasteiger partial charge in [0.15, 0.2) is 0 Å². The maximum absolute atomic E-state index is 12.5. The van der Waals surface area contributed by atoms with Crippen LogP contribution in [0.3, 0.4) is 0 Å². The smallest absolute Gasteiger partial charge is 0.251 e. The quantitative estimate of drug-likeness (QED) is 0.290. The number of hydrogen-bond acceptors (Lipinski definition) is 2. The molecule has 1 aliphatic rings. The normalized spacial score (nSPS) is 14.3. The monoisotopic (exact) mass is 436 g/mol. The molecule has 1 aromatic rings. The maximum Gasteiger partial charge on any atom is 0.251 e. The Bertz CT molecular complexity index is 558. The van der Waals surface area contributed by atoms with Gasteiger partial charge in [-0.15, -0.1) is 12.4 Å². The number of halogens is 1. The second-order valence-electron chi connectivity index (χ2n) is 8.79. The highest BCUT2D eigenvalue weighted by Gasteiger charge is 2.16. The second kappa shape index (κ2) is 17.6. The van der Waals surface area contributed by atoms with Crippen molar-refractivity contribution in [2.24, 2.45) is 0 Å². The predicted molar refractivity (Wildman–Crippen MR) is 132 cm³/mol. The number of unbranched alkanes of at least 4 members (excludes halogenated alkanes) is 11. The molecule has 1 saturated heterocycles. The summed E-state index contributed by atoms with van der Waals surface area (Å²) in [6, 6.07) is 8.27. The third-order valence-corrected chi connectivity index (χ3v) is 6.28. The summed E-state index contributed by atoms with van der Waals surface area (Å²) in [5.41, 5.74) is 2.14. The minimum absolute atomic E-state index is 0. The molecule has 172 valence electrons. The maximum atomic E-state index is 12.5. The van der Waals surface area contributed by atoms with E-state index in [2.05, 4.69) is 29.7 Å². The minimum Gasteiger partial charge on any atom is -0.352 e. The van der Waals surface area contributed by atoms with Crippen molar-refractivity contribution >= 4 is 18.3 Å². The van der Waals surface area contributed by atoms with Crippen molar-refractivity contribution in [3.63, 3.8) is 0 Å². The lowest BCUT2D eigenvalue weighted by Gasteiger charge is -2.23. The Balaban J connectivity index is 0.00000450. The molecule has 1 fully saturated rings. The topological polar surface area (TPSA) is 41.1 Å². The fraction of sp³-hybridized carbons (Fsp3) is 0.731. The Morgan fingerprint density at radius 3 is 2.07 bits per heavy atom. The molecule has 3 nitrogen and oxygen atoms in total. The van der Waals surface area contributed by atoms with Crippen molar-refractivity contribution < 1.29 is 4.79 Å². The van der Waals surface area contributed by atoms with Crippen LogP contribution >= 0.6 is 12.4 Å². The van der Waals surface area contributed by atoms with E-state index in [1.165, 1.54) is 89.0 Å². The first kappa shape index (κ1) is 27.0. The summed E-state index contributed by atoms with van der Waals surface area (Å²) in [6.07, 6.45) is 18.5. The van der Waals surface area contributed by atoms with Gasteiger partial charge in [0.2, 0.25) is 0 Å². The van der Waals surface area contributed by atoms with E-state index in [4.69, 9.17) is 0 Å². The Hall–Kier alpha value is -1.06. The number of piperidine rings is 1. The molecule has 1 heterocycles. The highest BCUT2D eigenvalue weighted by Crippen LogP contribution is 2.25. The Morgan fingerprint density at radius 2 is 1.47 bits per heavy atom. The SMILES string of the molecule is CCCCCCCCCCCCCCNC(=O)c1cccc(C2CCNCC2)c1.Cl. The Morgan fingerprint density at radius 1 is 0.900 bits per heavy atom. The molecule has 1 aromatic carbocycles. The van der Waals surface area contributed by atoms with Crippen LogP contribution in [0.4, 0.5) is 0 Å². The average Bonchev–Trinajstić information content (AvgIpc) is 2.77. The molecule has 30 heavy (non-hydrogen) atoms. The molecule has 0 saturated carbocycles. The van der Waals surface area contributed by atoms with Crippen molar-refractivity contribution in [1.29, 1.82) is 0 Å². The zero-order chi connectivity index (χ0) is 20.6. The van der Waals surface area contributed by atoms with Crippen LogP contribution in [0.5, 0.6) is 0 Å². The Labute approximate surface area is 191 Å². The van der Waals surface area contributed by atoms with Gasteiger partial charge in [0.25, 0.3) is 5.91 Å². The molecular weight excluding hydrogens is 392 g/mol. The van der Waals surface area contributed by atoms with E-state index in [0.29, 0.717) is 5.92 Å². The van der Waals surface area contributed by atoms with E-state index in [0.717, 1.165) is 31.6 Å². The van der Waals surface area contributed by atoms with Crippen LogP contribution in [0.2, 0.25) is 0 Å². The molecule has 0 atom stereocenters. The number of hydrogen-bond donors (Lipinski definition) is 2. The predicted octanol–water partition coefficient (Wildman–Crippen LogP) is 7.01. The van der Waals surface area contributed by atoms with E-state index < -0.39 is 0 Å². The van der Waals surface area contributed by atoms with Crippen LogP contribution in [-0.2, 0) is 0 Å². The highest BCUT2D eigenvalue weighted by molar-refractivity contribution is 5.94. The van der Waals surface area contributed by atoms with E-state index in [-0.39, 0.29) is 18.3 Å². The fourth-order valence-corrected chi connectivity index (χ4v) is 4.36. The van der Waals surface area contributed by atoms with Gasteiger partial charge in [-0.1, -0.05) is 89.7 Å². The molecule has 0 aromatic heterocycles. The van der Waals surface area contributed by atoms with Crippen molar-refractivity contribution in [1.82, 2.24) is 10.6 Å². The number of carbonyl (C=O) groups is 1. The lowest BCUT2D eigenvalue weighted by Crippen LogP contribution is -2.27. The third-order valence-electron chi connectivity index (χ3n) is 6.28. The fourth-order valence-electron chi connectivity index (χ4n) is 4.36. The van der Waals surface area contributed by atoms with Gasteiger partial charge in [-0.3, -0.25) is 4.79 Å². The van der Waals surface area contributed by atoms with Gasteiger partial charge in [-0.2, -0.15) is 0 Å². The first-order valence-corrected chi connectivity index (χ1v) is 12.4. The van der Waals surface area contributed by atoms with Crippen molar-refractivity contribution in [3.8, 4) is 0 Å². The van der Waals surface area contributed by atoms with Gasteiger partial charge in [-0.25, -0.2) is 0 Å². The molecule has 1 amide bonds. The Kier molecular flexibility index (Phi) is 15.8. The van der Waals surface area contributed by atoms with Crippen LogP contribution in [0.15, 0.2) is 24.3 Å². The van der Waals surface area contributed by atoms with Crippen LogP contribution in [0.25, 0.3) is 0 Å². The van der Waals surface area contributed by atoms with Crippen LogP contribution in [0, 0.1) is 0 Å². The molecule has 0 bridgehead atoms. The van der Waals surface area contributed by atoms with Crippen molar-refractivity contribution in [3.05, 3.63) is 35.4 Å². The molecule has 2 rings (SSSR count). The summed E-state index contributed by atoms with van der Waals surface area (Å²) in [7, 11) is 0. The third kappa shape index (κ3) is 11.4. The lowest BCUT2D eigenvalue weighted by atomic mass is 9.89. The number of benzene rings is 1. The van der Waals surface area contributed by atoms with E-state index in [1.54, 1.807) is 0 Å². The summed E-state index contributed by atoms with van der Waals surface area (Å²) in [6.45, 7) is 5.24. The number of carbonyl (C=O) groups excluding carboxylic acids is 1. The van der Waals surface area contributed by atoms with Gasteiger partial charge in [0.1, 0.15) is 0 Å². The lowest BCUT2D eigenvalue weighted by molar-refractivity contribution is 0.0953. The molecule has 0 aliphatic carbocycles. The minimum atomic E-state index is 0. The van der Waals surface area contributed by atoms with Crippen LogP contribution in [-0.4, -0.2) is 25.5 Å². The van der Waals surface area contributed by atoms with Crippen molar-refractivity contribution in [2.75, 3.05) is 19.6 Å². The average molecular weight is 437 g/mol. The standard InChI is InChI=1S/C26H44N2O.ClH/c1-2-3-4-5-6-7-8-9-10-11-12-13-19-28-26(29)25-16-14-15-24(22-25)23-17-20-27-21-18-23;/h14-16,22-23,27H,2-13,17-21H2,1H3,(H,28,29);1H. The summed E-state index contributed by atoms with van der Waals surface area (Å²) < 4.78 is 0. The van der Waals surface area contributed by atoms with Gasteiger partial charge in [-0.05, 0) is 56.0 Å². The first-order chi connectivity index (χ1) is 14.3. The molecule has 1 aliphatic heterocycles. The van der Waals surface area contributed by atoms with E-state index in [9.17, 15) is 4.79 Å². The van der Waals surface area contributed by atoms with Gasteiger partial charge in [0, 0.05) is 12.1 Å². The summed E-state index contributed by atoms with van der Waals surface area (Å²) in [5.74, 6) is 0.684. The zero-order valence-corrected chi connectivity index (χ0v) is 20.0. The van der Waals surface area contributed by atoms with Gasteiger partial charge >= 0.3 is 0 Å². The molecule has 0 unspecified atom stereocenters. The number of nitrogens with one attached hydrogen (secondary N) is 2. The number of rotatable bonds is 15. The molecule has 4 heteroatoms. The summed E-state index contributed by atoms with van der Waals surface area (Å²) >= 11 is 0. The van der Waals surface area contributed by atoms with Crippen LogP contribution < -0.4 is 10.6 Å². The van der Waals surface area contributed by atoms with Gasteiger partial charge in [0.05, 0.1) is 0 Å². The van der Waals surface area contributed by atoms with Crippen LogP contribution in [0.1, 0.15) is 119 Å². The molecule has 2 N–H and O–H groups in total. The zero-order valence-electron chi connectivity index (χ0n) is 19.2. The largest absolute Gasteiger partial charge is 0.352 e. The first-order valence-electron chi connectivity index (χ1n) is 12.4. The van der Waals surface area contributed by atoms with E-state index >= 15 is 0 Å². The highest BCUT2D eigenvalue weighted by atomic mass is 35.5. The van der Waals surface area contributed by atoms with Gasteiger partial charge < -0.3 is 10.6 Å². The summed E-state index contributed by atoms with van der Waals surface area (Å²) in [4.78, 5) is 12.5. The molecular formula is C26H45ClN2O. The molecule has 0 spiro atoms. The van der Waals surface area contributed by atoms with Crippen molar-refractivity contribution in [2.45, 2.75) is 103 Å². The number of amides is 1. The second-order valence-corrected chi connectivity index (χ2v) is 8.79. The van der Waals surface area contributed by atoms with E-state index in [1.807, 2.05) is 12.1 Å². The summed E-state index contributed by atoms with van der Waals surface area (Å²) in [5, 5.41) is 6.52. The molecule has 0 radical (unpaired) electrons.